The maximum Gasteiger partial charge on any atom is 0.407 e. The van der Waals surface area contributed by atoms with Crippen molar-refractivity contribution in [2.45, 2.75) is 45.0 Å². The molecule has 8 heteroatoms. The molecule has 150 valence electrons. The Morgan fingerprint density at radius 2 is 1.93 bits per heavy atom. The molecule has 27 heavy (non-hydrogen) atoms. The second kappa shape index (κ2) is 9.64. The molecule has 0 spiro atoms. The quantitative estimate of drug-likeness (QED) is 0.484. The van der Waals surface area contributed by atoms with Crippen molar-refractivity contribution >= 4 is 28.9 Å². The van der Waals surface area contributed by atoms with Crippen LogP contribution in [0.25, 0.3) is 0 Å². The van der Waals surface area contributed by atoms with E-state index in [1.165, 1.54) is 6.08 Å². The van der Waals surface area contributed by atoms with Crippen molar-refractivity contribution in [1.29, 1.82) is 0 Å². The van der Waals surface area contributed by atoms with Crippen LogP contribution in [-0.4, -0.2) is 47.2 Å². The van der Waals surface area contributed by atoms with Crippen molar-refractivity contribution < 1.29 is 23.9 Å². The Morgan fingerprint density at radius 1 is 1.30 bits per heavy atom. The maximum absolute atomic E-state index is 11.9. The average Bonchev–Trinajstić information content (AvgIpc) is 2.81. The molecule has 0 bridgehead atoms. The van der Waals surface area contributed by atoms with Gasteiger partial charge in [-0.3, -0.25) is 9.59 Å². The highest BCUT2D eigenvalue weighted by Crippen LogP contribution is 2.42. The van der Waals surface area contributed by atoms with Gasteiger partial charge >= 0.3 is 6.09 Å². The van der Waals surface area contributed by atoms with Gasteiger partial charge in [-0.15, -0.1) is 0 Å². The summed E-state index contributed by atoms with van der Waals surface area (Å²) in [5, 5.41) is 5.05. The van der Waals surface area contributed by atoms with E-state index in [0.29, 0.717) is 5.76 Å². The molecule has 0 aromatic heterocycles. The molecule has 0 saturated heterocycles. The lowest BCUT2D eigenvalue weighted by Crippen LogP contribution is -2.39. The average molecular weight is 397 g/mol. The normalized spacial score (nSPS) is 20.0. The van der Waals surface area contributed by atoms with Gasteiger partial charge in [0.25, 0.3) is 5.91 Å². The van der Waals surface area contributed by atoms with E-state index in [1.54, 1.807) is 26.8 Å². The zero-order valence-corrected chi connectivity index (χ0v) is 17.3. The number of allylic oxidation sites excluding steroid dienone is 2. The topological polar surface area (TPSA) is 93.7 Å². The van der Waals surface area contributed by atoms with Gasteiger partial charge in [0.2, 0.25) is 5.12 Å². The van der Waals surface area contributed by atoms with Crippen molar-refractivity contribution in [2.24, 2.45) is 0 Å². The number of alkyl carbamates (subject to hydrolysis) is 1. The molecule has 0 radical (unpaired) electrons. The standard InChI is InChI=1S/C19H28N2O5S/c1-7-13(2)11-19(6)14(10-16(23)27-19)25-12-15(22)20-8-9-21-17(24)26-18(3,4)5/h7,10-11H,1,8-9,12H2,2-6H3,(H,20,22)(H,21,24)/b13-11+/t19-/m1/s1. The van der Waals surface area contributed by atoms with Crippen LogP contribution in [0.5, 0.6) is 0 Å². The van der Waals surface area contributed by atoms with Gasteiger partial charge in [0, 0.05) is 19.2 Å². The minimum Gasteiger partial charge on any atom is -0.486 e. The summed E-state index contributed by atoms with van der Waals surface area (Å²) in [7, 11) is 0. The number of amides is 2. The molecule has 0 fully saturated rings. The monoisotopic (exact) mass is 396 g/mol. The van der Waals surface area contributed by atoms with Gasteiger partial charge in [-0.2, -0.15) is 0 Å². The molecule has 0 aliphatic carbocycles. The lowest BCUT2D eigenvalue weighted by molar-refractivity contribution is -0.124. The van der Waals surface area contributed by atoms with Gasteiger partial charge in [-0.25, -0.2) is 4.79 Å². The molecule has 1 heterocycles. The van der Waals surface area contributed by atoms with Gasteiger partial charge < -0.3 is 20.1 Å². The lowest BCUT2D eigenvalue weighted by Gasteiger charge is -2.23. The van der Waals surface area contributed by atoms with Crippen LogP contribution in [-0.2, 0) is 19.1 Å². The first-order chi connectivity index (χ1) is 12.4. The molecule has 1 aliphatic rings. The number of nitrogens with one attached hydrogen (secondary N) is 2. The molecule has 0 aromatic rings. The Balaban J connectivity index is 2.41. The molecule has 1 aliphatic heterocycles. The summed E-state index contributed by atoms with van der Waals surface area (Å²) in [6.07, 6.45) is 4.43. The Kier molecular flexibility index (Phi) is 8.15. The number of ether oxygens (including phenoxy) is 2. The molecule has 0 saturated carbocycles. The third-order valence-electron chi connectivity index (χ3n) is 3.35. The van der Waals surface area contributed by atoms with E-state index in [2.05, 4.69) is 17.2 Å². The van der Waals surface area contributed by atoms with Gasteiger partial charge in [0.05, 0.1) is 4.75 Å². The Labute approximate surface area is 164 Å². The fourth-order valence-corrected chi connectivity index (χ4v) is 3.24. The number of rotatable bonds is 8. The van der Waals surface area contributed by atoms with Crippen LogP contribution in [0.1, 0.15) is 34.6 Å². The summed E-state index contributed by atoms with van der Waals surface area (Å²) >= 11 is 1.13. The van der Waals surface area contributed by atoms with E-state index < -0.39 is 16.4 Å². The summed E-state index contributed by atoms with van der Waals surface area (Å²) in [5.41, 5.74) is 0.336. The van der Waals surface area contributed by atoms with Crippen molar-refractivity contribution in [2.75, 3.05) is 19.7 Å². The zero-order chi connectivity index (χ0) is 20.7. The second-order valence-corrected chi connectivity index (χ2v) is 8.65. The van der Waals surface area contributed by atoms with E-state index in [-0.39, 0.29) is 30.7 Å². The summed E-state index contributed by atoms with van der Waals surface area (Å²) < 4.78 is 9.99. The van der Waals surface area contributed by atoms with E-state index in [1.807, 2.05) is 19.9 Å². The predicted octanol–water partition coefficient (Wildman–Crippen LogP) is 2.69. The van der Waals surface area contributed by atoms with Crippen LogP contribution in [0, 0.1) is 0 Å². The van der Waals surface area contributed by atoms with E-state index >= 15 is 0 Å². The summed E-state index contributed by atoms with van der Waals surface area (Å²) in [5.74, 6) is 0.0822. The Morgan fingerprint density at radius 3 is 2.52 bits per heavy atom. The van der Waals surface area contributed by atoms with Gasteiger partial charge in [-0.1, -0.05) is 36.1 Å². The van der Waals surface area contributed by atoms with Crippen molar-refractivity contribution in [3.8, 4) is 0 Å². The van der Waals surface area contributed by atoms with Gasteiger partial charge in [-0.05, 0) is 34.6 Å². The first kappa shape index (κ1) is 22.8. The highest BCUT2D eigenvalue weighted by molar-refractivity contribution is 8.15. The fraction of sp³-hybridized carbons (Fsp3) is 0.526. The summed E-state index contributed by atoms with van der Waals surface area (Å²) in [6.45, 7) is 13.0. The molecule has 2 amide bonds. The number of hydrogen-bond donors (Lipinski definition) is 2. The maximum atomic E-state index is 11.9. The van der Waals surface area contributed by atoms with Crippen molar-refractivity contribution in [1.82, 2.24) is 10.6 Å². The minimum atomic E-state index is -0.659. The van der Waals surface area contributed by atoms with Crippen LogP contribution in [0.3, 0.4) is 0 Å². The first-order valence-corrected chi connectivity index (χ1v) is 9.40. The van der Waals surface area contributed by atoms with E-state index in [0.717, 1.165) is 17.3 Å². The van der Waals surface area contributed by atoms with E-state index in [4.69, 9.17) is 9.47 Å². The largest absolute Gasteiger partial charge is 0.486 e. The van der Waals surface area contributed by atoms with Gasteiger partial charge in [0.15, 0.2) is 6.61 Å². The third kappa shape index (κ3) is 8.34. The summed E-state index contributed by atoms with van der Waals surface area (Å²) in [4.78, 5) is 35.2. The molecule has 2 N–H and O–H groups in total. The number of carbonyl (C=O) groups excluding carboxylic acids is 3. The second-order valence-electron chi connectivity index (χ2n) is 7.20. The SMILES string of the molecule is C=C/C(C)=C/[C@@]1(C)SC(=O)C=C1OCC(=O)NCCNC(=O)OC(C)(C)C. The molecule has 1 atom stereocenters. The number of carbonyl (C=O) groups is 3. The van der Waals surface area contributed by atoms with E-state index in [9.17, 15) is 14.4 Å². The van der Waals surface area contributed by atoms with Crippen LogP contribution >= 0.6 is 11.8 Å². The molecular weight excluding hydrogens is 368 g/mol. The molecule has 0 aromatic carbocycles. The minimum absolute atomic E-state index is 0.123. The van der Waals surface area contributed by atoms with Crippen LogP contribution in [0.2, 0.25) is 0 Å². The highest BCUT2D eigenvalue weighted by Gasteiger charge is 2.38. The molecule has 1 rings (SSSR count). The van der Waals surface area contributed by atoms with Crippen molar-refractivity contribution in [3.05, 3.63) is 36.1 Å². The highest BCUT2D eigenvalue weighted by atomic mass is 32.2. The Bertz CT molecular complexity index is 664. The third-order valence-corrected chi connectivity index (χ3v) is 4.41. The smallest absolute Gasteiger partial charge is 0.407 e. The van der Waals surface area contributed by atoms with Crippen LogP contribution < -0.4 is 10.6 Å². The lowest BCUT2D eigenvalue weighted by atomic mass is 10.0. The van der Waals surface area contributed by atoms with Crippen molar-refractivity contribution in [3.63, 3.8) is 0 Å². The molecule has 0 unspecified atom stereocenters. The fourth-order valence-electron chi connectivity index (χ4n) is 2.19. The molecular formula is C19H28N2O5S. The van der Waals surface area contributed by atoms with Gasteiger partial charge in [0.1, 0.15) is 11.4 Å². The van der Waals surface area contributed by atoms with Crippen LogP contribution in [0.15, 0.2) is 36.1 Å². The number of thioether (sulfide) groups is 1. The zero-order valence-electron chi connectivity index (χ0n) is 16.5. The number of hydrogen-bond acceptors (Lipinski definition) is 6. The van der Waals surface area contributed by atoms with Crippen LogP contribution in [0.4, 0.5) is 4.79 Å². The molecule has 7 nitrogen and oxygen atoms in total. The first-order valence-electron chi connectivity index (χ1n) is 8.58. The summed E-state index contributed by atoms with van der Waals surface area (Å²) in [6, 6.07) is 0. The predicted molar refractivity (Wildman–Crippen MR) is 106 cm³/mol. The Hall–Kier alpha value is -2.22.